The third-order valence-corrected chi connectivity index (χ3v) is 3.01. The van der Waals surface area contributed by atoms with E-state index < -0.39 is 0 Å². The largest absolute Gasteiger partial charge is 0.409 e. The second kappa shape index (κ2) is 4.20. The van der Waals surface area contributed by atoms with Gasteiger partial charge in [0, 0.05) is 25.5 Å². The summed E-state index contributed by atoms with van der Waals surface area (Å²) in [6.07, 6.45) is 4.26. The Kier molecular flexibility index (Phi) is 2.87. The van der Waals surface area contributed by atoms with Gasteiger partial charge in [0.1, 0.15) is 0 Å². The molecule has 17 heavy (non-hydrogen) atoms. The number of rotatable bonds is 2. The van der Waals surface area contributed by atoms with Crippen LogP contribution >= 0.6 is 0 Å². The number of hydrogen-bond donors (Lipinski definition) is 2. The molecule has 92 valence electrons. The van der Waals surface area contributed by atoms with Crippen LogP contribution in [0.3, 0.4) is 0 Å². The van der Waals surface area contributed by atoms with E-state index >= 15 is 0 Å². The number of nitrogens with two attached hydrogens (primary N) is 1. The number of amidine groups is 1. The molecule has 0 radical (unpaired) electrons. The van der Waals surface area contributed by atoms with Crippen LogP contribution in [0.5, 0.6) is 0 Å². The second-order valence-corrected chi connectivity index (χ2v) is 5.05. The lowest BCUT2D eigenvalue weighted by Gasteiger charge is -2.21. The van der Waals surface area contributed by atoms with Gasteiger partial charge in [-0.3, -0.25) is 0 Å². The molecular formula is C11H17N5O. The minimum atomic E-state index is -0.00203. The number of aromatic nitrogens is 2. The van der Waals surface area contributed by atoms with E-state index in [0.29, 0.717) is 11.5 Å². The van der Waals surface area contributed by atoms with Gasteiger partial charge in [0.2, 0.25) is 0 Å². The molecule has 0 aromatic carbocycles. The fraction of sp³-hybridized carbons (Fsp3) is 0.545. The van der Waals surface area contributed by atoms with Gasteiger partial charge in [-0.1, -0.05) is 19.0 Å². The van der Waals surface area contributed by atoms with Crippen molar-refractivity contribution < 1.29 is 5.21 Å². The highest BCUT2D eigenvalue weighted by Gasteiger charge is 2.31. The Morgan fingerprint density at radius 3 is 2.76 bits per heavy atom. The molecule has 6 nitrogen and oxygen atoms in total. The summed E-state index contributed by atoms with van der Waals surface area (Å²) in [5, 5.41) is 11.7. The summed E-state index contributed by atoms with van der Waals surface area (Å²) < 4.78 is 0. The molecule has 2 rings (SSSR count). The van der Waals surface area contributed by atoms with E-state index in [4.69, 9.17) is 10.9 Å². The van der Waals surface area contributed by atoms with Crippen molar-refractivity contribution in [2.75, 3.05) is 18.0 Å². The predicted octanol–water partition coefficient (Wildman–Crippen LogP) is 0.807. The molecule has 1 aromatic rings. The van der Waals surface area contributed by atoms with Gasteiger partial charge in [0.05, 0.1) is 0 Å². The zero-order chi connectivity index (χ0) is 12.5. The quantitative estimate of drug-likeness (QED) is 0.343. The summed E-state index contributed by atoms with van der Waals surface area (Å²) in [6.45, 7) is 6.24. The molecule has 2 heterocycles. The summed E-state index contributed by atoms with van der Waals surface area (Å²) in [5.41, 5.74) is 6.30. The van der Waals surface area contributed by atoms with E-state index in [1.165, 1.54) is 6.20 Å². The molecule has 0 spiro atoms. The summed E-state index contributed by atoms with van der Waals surface area (Å²) in [6, 6.07) is 0. The molecule has 1 aliphatic rings. The summed E-state index contributed by atoms with van der Waals surface area (Å²) in [4.78, 5) is 10.5. The molecule has 3 N–H and O–H groups in total. The maximum atomic E-state index is 8.73. The summed E-state index contributed by atoms with van der Waals surface area (Å²) >= 11 is 0. The minimum absolute atomic E-state index is 0.00203. The Labute approximate surface area is 100 Å². The topological polar surface area (TPSA) is 87.6 Å². The molecule has 1 fully saturated rings. The van der Waals surface area contributed by atoms with Gasteiger partial charge in [0.15, 0.2) is 17.3 Å². The molecule has 0 amide bonds. The van der Waals surface area contributed by atoms with Crippen LogP contribution in [0.2, 0.25) is 0 Å². The third-order valence-electron chi connectivity index (χ3n) is 3.01. The maximum Gasteiger partial charge on any atom is 0.192 e. The lowest BCUT2D eigenvalue weighted by Crippen LogP contribution is -2.28. The zero-order valence-corrected chi connectivity index (χ0v) is 10.1. The van der Waals surface area contributed by atoms with E-state index in [1.54, 1.807) is 6.20 Å². The Bertz CT molecular complexity index is 443. The number of nitrogens with zero attached hydrogens (tertiary/aromatic N) is 4. The average Bonchev–Trinajstić information content (AvgIpc) is 2.68. The monoisotopic (exact) mass is 235 g/mol. The van der Waals surface area contributed by atoms with Gasteiger partial charge in [-0.15, -0.1) is 0 Å². The Balaban J connectivity index is 2.33. The van der Waals surface area contributed by atoms with Crippen molar-refractivity contribution in [3.05, 3.63) is 18.1 Å². The lowest BCUT2D eigenvalue weighted by atomic mass is 9.93. The van der Waals surface area contributed by atoms with Crippen molar-refractivity contribution in [1.29, 1.82) is 0 Å². The van der Waals surface area contributed by atoms with Crippen LogP contribution in [-0.4, -0.2) is 34.1 Å². The van der Waals surface area contributed by atoms with Crippen LogP contribution in [-0.2, 0) is 0 Å². The first-order chi connectivity index (χ1) is 8.03. The number of hydrogen-bond acceptors (Lipinski definition) is 5. The molecule has 1 aliphatic heterocycles. The maximum absolute atomic E-state index is 8.73. The van der Waals surface area contributed by atoms with Gasteiger partial charge in [-0.2, -0.15) is 0 Å². The van der Waals surface area contributed by atoms with Crippen LogP contribution in [0, 0.1) is 5.41 Å². The predicted molar refractivity (Wildman–Crippen MR) is 65.2 cm³/mol. The van der Waals surface area contributed by atoms with Crippen molar-refractivity contribution in [3.63, 3.8) is 0 Å². The SMILES string of the molecule is CC1(C)CCN(c2nccnc2C(N)=NO)C1. The molecule has 1 saturated heterocycles. The zero-order valence-electron chi connectivity index (χ0n) is 10.1. The standard InChI is InChI=1S/C11H17N5O/c1-11(2)3-6-16(7-11)10-8(9(12)15-17)13-4-5-14-10/h4-5,17H,3,6-7H2,1-2H3,(H2,12,15). The van der Waals surface area contributed by atoms with Crippen molar-refractivity contribution in [2.24, 2.45) is 16.3 Å². The van der Waals surface area contributed by atoms with Gasteiger partial charge in [-0.05, 0) is 11.8 Å². The first kappa shape index (κ1) is 11.6. The van der Waals surface area contributed by atoms with Gasteiger partial charge in [0.25, 0.3) is 0 Å². The van der Waals surface area contributed by atoms with Gasteiger partial charge in [-0.25, -0.2) is 9.97 Å². The first-order valence-corrected chi connectivity index (χ1v) is 5.57. The summed E-state index contributed by atoms with van der Waals surface area (Å²) in [7, 11) is 0. The molecule has 0 bridgehead atoms. The Morgan fingerprint density at radius 2 is 2.18 bits per heavy atom. The van der Waals surface area contributed by atoms with Crippen LogP contribution in [0.15, 0.2) is 17.5 Å². The summed E-state index contributed by atoms with van der Waals surface area (Å²) in [5.74, 6) is 0.686. The number of anilines is 1. The van der Waals surface area contributed by atoms with Crippen LogP contribution in [0.1, 0.15) is 26.0 Å². The van der Waals surface area contributed by atoms with Crippen molar-refractivity contribution >= 4 is 11.7 Å². The second-order valence-electron chi connectivity index (χ2n) is 5.05. The molecule has 1 aromatic heterocycles. The highest BCUT2D eigenvalue weighted by Crippen LogP contribution is 2.32. The fourth-order valence-corrected chi connectivity index (χ4v) is 2.08. The normalized spacial score (nSPS) is 19.6. The van der Waals surface area contributed by atoms with Gasteiger partial charge >= 0.3 is 0 Å². The molecule has 0 aliphatic carbocycles. The Hall–Kier alpha value is -1.85. The average molecular weight is 235 g/mol. The van der Waals surface area contributed by atoms with E-state index in [0.717, 1.165) is 19.5 Å². The van der Waals surface area contributed by atoms with Crippen molar-refractivity contribution in [1.82, 2.24) is 9.97 Å². The van der Waals surface area contributed by atoms with Crippen molar-refractivity contribution in [3.8, 4) is 0 Å². The fourth-order valence-electron chi connectivity index (χ4n) is 2.08. The van der Waals surface area contributed by atoms with Crippen LogP contribution in [0.4, 0.5) is 5.82 Å². The third kappa shape index (κ3) is 2.30. The lowest BCUT2D eigenvalue weighted by molar-refractivity contribution is 0.318. The van der Waals surface area contributed by atoms with Crippen LogP contribution < -0.4 is 10.6 Å². The Morgan fingerprint density at radius 1 is 1.47 bits per heavy atom. The molecule has 0 unspecified atom stereocenters. The highest BCUT2D eigenvalue weighted by atomic mass is 16.4. The van der Waals surface area contributed by atoms with E-state index in [2.05, 4.69) is 33.9 Å². The number of oxime groups is 1. The van der Waals surface area contributed by atoms with E-state index in [9.17, 15) is 0 Å². The minimum Gasteiger partial charge on any atom is -0.409 e. The van der Waals surface area contributed by atoms with Gasteiger partial charge < -0.3 is 15.8 Å². The van der Waals surface area contributed by atoms with E-state index in [-0.39, 0.29) is 11.3 Å². The molecular weight excluding hydrogens is 218 g/mol. The van der Waals surface area contributed by atoms with Crippen molar-refractivity contribution in [2.45, 2.75) is 20.3 Å². The molecule has 0 atom stereocenters. The van der Waals surface area contributed by atoms with E-state index in [1.807, 2.05) is 0 Å². The molecule has 0 saturated carbocycles. The first-order valence-electron chi connectivity index (χ1n) is 5.57. The molecule has 6 heteroatoms. The highest BCUT2D eigenvalue weighted by molar-refractivity contribution is 5.99. The van der Waals surface area contributed by atoms with Crippen LogP contribution in [0.25, 0.3) is 0 Å². The smallest absolute Gasteiger partial charge is 0.192 e.